The maximum atomic E-state index is 3.01. The third kappa shape index (κ3) is 0.660. The van der Waals surface area contributed by atoms with E-state index in [1.54, 1.807) is 0 Å². The van der Waals surface area contributed by atoms with Gasteiger partial charge in [0.25, 0.3) is 0 Å². The van der Waals surface area contributed by atoms with Gasteiger partial charge in [0.2, 0.25) is 0 Å². The summed E-state index contributed by atoms with van der Waals surface area (Å²) in [6.45, 7) is 4.07. The highest BCUT2D eigenvalue weighted by Crippen LogP contribution is 1.98. The molecule has 0 aliphatic carbocycles. The van der Waals surface area contributed by atoms with Crippen molar-refractivity contribution in [3.8, 4) is 0 Å². The lowest BCUT2D eigenvalue weighted by molar-refractivity contribution is 1.23. The second kappa shape index (κ2) is 1.41. The summed E-state index contributed by atoms with van der Waals surface area (Å²) >= 11 is 0. The van der Waals surface area contributed by atoms with Gasteiger partial charge in [-0.25, -0.2) is 0 Å². The molecule has 0 saturated heterocycles. The monoisotopic (exact) mass is 94.1 g/mol. The first kappa shape index (κ1) is 4.44. The van der Waals surface area contributed by atoms with Crippen molar-refractivity contribution in [2.24, 2.45) is 0 Å². The number of aromatic amines is 1. The largest absolute Gasteiger partial charge is 0.364 e. The van der Waals surface area contributed by atoms with Crippen LogP contribution in [0.4, 0.5) is 0 Å². The predicted octanol–water partition coefficient (Wildman–Crippen LogP) is 1.43. The zero-order valence-corrected chi connectivity index (χ0v) is 4.58. The number of rotatable bonds is 0. The predicted molar refractivity (Wildman–Crippen MR) is 29.1 cm³/mol. The fraction of sp³-hybridized carbons (Fsp3) is 0.333. The Kier molecular flexibility index (Phi) is 0.895. The molecule has 0 aromatic carbocycles. The summed E-state index contributed by atoms with van der Waals surface area (Å²) in [4.78, 5) is 3.01. The molecule has 0 atom stereocenters. The summed E-state index contributed by atoms with van der Waals surface area (Å²) in [7, 11) is 0. The molecule has 0 amide bonds. The Morgan fingerprint density at radius 2 is 2.29 bits per heavy atom. The van der Waals surface area contributed by atoms with E-state index >= 15 is 0 Å². The Balaban J connectivity index is 3.12. The highest BCUT2D eigenvalue weighted by atomic mass is 14.7. The van der Waals surface area contributed by atoms with Crippen molar-refractivity contribution >= 4 is 0 Å². The average Bonchev–Trinajstić information content (AvgIpc) is 1.91. The Bertz CT molecular complexity index is 136. The number of aromatic nitrogens is 1. The standard InChI is InChI=1S/C6H8N/c1-5-3-4-7-6(5)2/h4,7H,1-2H3. The zero-order valence-electron chi connectivity index (χ0n) is 4.58. The van der Waals surface area contributed by atoms with Crippen LogP contribution in [0.3, 0.4) is 0 Å². The minimum absolute atomic E-state index is 1.21. The zero-order chi connectivity index (χ0) is 5.28. The molecule has 0 unspecified atom stereocenters. The molecule has 1 aromatic heterocycles. The molecule has 1 heteroatoms. The van der Waals surface area contributed by atoms with Crippen LogP contribution < -0.4 is 0 Å². The van der Waals surface area contributed by atoms with E-state index in [2.05, 4.69) is 11.1 Å². The average molecular weight is 94.1 g/mol. The van der Waals surface area contributed by atoms with Gasteiger partial charge in [-0.2, -0.15) is 0 Å². The molecule has 0 aliphatic heterocycles. The minimum atomic E-state index is 1.21. The lowest BCUT2D eigenvalue weighted by Gasteiger charge is -1.81. The van der Waals surface area contributed by atoms with Crippen LogP contribution in [0, 0.1) is 19.9 Å². The molecular formula is C6H8N. The molecule has 0 spiro atoms. The van der Waals surface area contributed by atoms with Crippen LogP contribution in [-0.2, 0) is 0 Å². The molecule has 7 heavy (non-hydrogen) atoms. The fourth-order valence-corrected chi connectivity index (χ4v) is 0.469. The van der Waals surface area contributed by atoms with E-state index < -0.39 is 0 Å². The van der Waals surface area contributed by atoms with Crippen LogP contribution in [0.1, 0.15) is 11.3 Å². The third-order valence-corrected chi connectivity index (χ3v) is 1.14. The Morgan fingerprint density at radius 3 is 2.43 bits per heavy atom. The van der Waals surface area contributed by atoms with Gasteiger partial charge in [0.15, 0.2) is 0 Å². The van der Waals surface area contributed by atoms with Gasteiger partial charge in [-0.05, 0) is 19.4 Å². The summed E-state index contributed by atoms with van der Waals surface area (Å²) in [6.07, 6.45) is 1.82. The molecule has 1 N–H and O–H groups in total. The van der Waals surface area contributed by atoms with E-state index in [0.717, 1.165) is 0 Å². The van der Waals surface area contributed by atoms with Gasteiger partial charge in [-0.15, -0.1) is 0 Å². The molecule has 0 bridgehead atoms. The van der Waals surface area contributed by atoms with Crippen molar-refractivity contribution in [1.29, 1.82) is 0 Å². The van der Waals surface area contributed by atoms with Crippen LogP contribution in [-0.4, -0.2) is 4.98 Å². The molecule has 1 rings (SSSR count). The summed E-state index contributed by atoms with van der Waals surface area (Å²) in [6, 6.07) is 3.01. The SMILES string of the molecule is Cc1[c]c[nH]c1C. The van der Waals surface area contributed by atoms with Gasteiger partial charge in [0, 0.05) is 18.0 Å². The number of hydrogen-bond donors (Lipinski definition) is 1. The van der Waals surface area contributed by atoms with E-state index in [0.29, 0.717) is 0 Å². The Hall–Kier alpha value is -0.720. The van der Waals surface area contributed by atoms with E-state index in [-0.39, 0.29) is 0 Å². The molecular weight excluding hydrogens is 86.1 g/mol. The first-order valence-electron chi connectivity index (χ1n) is 2.33. The molecule has 1 radical (unpaired) electrons. The van der Waals surface area contributed by atoms with Crippen LogP contribution in [0.2, 0.25) is 0 Å². The molecule has 1 heterocycles. The summed E-state index contributed by atoms with van der Waals surface area (Å²) in [5, 5.41) is 0. The summed E-state index contributed by atoms with van der Waals surface area (Å²) < 4.78 is 0. The van der Waals surface area contributed by atoms with E-state index in [1.807, 2.05) is 20.0 Å². The lowest BCUT2D eigenvalue weighted by atomic mass is 10.3. The Labute approximate surface area is 43.4 Å². The molecule has 0 aliphatic rings. The molecule has 0 fully saturated rings. The maximum absolute atomic E-state index is 3.01. The van der Waals surface area contributed by atoms with Gasteiger partial charge in [-0.1, -0.05) is 0 Å². The van der Waals surface area contributed by atoms with Gasteiger partial charge in [0.05, 0.1) is 0 Å². The highest BCUT2D eigenvalue weighted by Gasteiger charge is 1.86. The van der Waals surface area contributed by atoms with Crippen LogP contribution in [0.15, 0.2) is 6.20 Å². The summed E-state index contributed by atoms with van der Waals surface area (Å²) in [5.74, 6) is 0. The normalized spacial score (nSPS) is 9.43. The quantitative estimate of drug-likeness (QED) is 0.500. The van der Waals surface area contributed by atoms with Crippen LogP contribution in [0.25, 0.3) is 0 Å². The lowest BCUT2D eigenvalue weighted by Crippen LogP contribution is -1.69. The van der Waals surface area contributed by atoms with Crippen molar-refractivity contribution in [2.45, 2.75) is 13.8 Å². The van der Waals surface area contributed by atoms with E-state index in [1.165, 1.54) is 11.3 Å². The van der Waals surface area contributed by atoms with Gasteiger partial charge in [-0.3, -0.25) is 0 Å². The van der Waals surface area contributed by atoms with E-state index in [4.69, 9.17) is 0 Å². The van der Waals surface area contributed by atoms with E-state index in [9.17, 15) is 0 Å². The van der Waals surface area contributed by atoms with Crippen molar-refractivity contribution < 1.29 is 0 Å². The third-order valence-electron chi connectivity index (χ3n) is 1.14. The van der Waals surface area contributed by atoms with Gasteiger partial charge in [0.1, 0.15) is 0 Å². The number of nitrogens with one attached hydrogen (secondary N) is 1. The van der Waals surface area contributed by atoms with Gasteiger partial charge < -0.3 is 4.98 Å². The summed E-state index contributed by atoms with van der Waals surface area (Å²) in [5.41, 5.74) is 2.42. The van der Waals surface area contributed by atoms with Crippen molar-refractivity contribution in [2.75, 3.05) is 0 Å². The molecule has 37 valence electrons. The fourth-order valence-electron chi connectivity index (χ4n) is 0.469. The maximum Gasteiger partial charge on any atom is 0.0151 e. The topological polar surface area (TPSA) is 15.8 Å². The van der Waals surface area contributed by atoms with Crippen LogP contribution in [0.5, 0.6) is 0 Å². The molecule has 1 aromatic rings. The minimum Gasteiger partial charge on any atom is -0.364 e. The first-order valence-corrected chi connectivity index (χ1v) is 2.33. The van der Waals surface area contributed by atoms with Crippen molar-refractivity contribution in [3.05, 3.63) is 23.5 Å². The van der Waals surface area contributed by atoms with Gasteiger partial charge >= 0.3 is 0 Å². The molecule has 0 saturated carbocycles. The first-order chi connectivity index (χ1) is 3.30. The Morgan fingerprint density at radius 1 is 1.57 bits per heavy atom. The van der Waals surface area contributed by atoms with Crippen molar-refractivity contribution in [1.82, 2.24) is 4.98 Å². The number of aryl methyl sites for hydroxylation is 2. The molecule has 1 nitrogen and oxygen atoms in total. The second-order valence-corrected chi connectivity index (χ2v) is 1.68. The number of H-pyrrole nitrogens is 1. The van der Waals surface area contributed by atoms with Crippen molar-refractivity contribution in [3.63, 3.8) is 0 Å². The smallest absolute Gasteiger partial charge is 0.0151 e. The second-order valence-electron chi connectivity index (χ2n) is 1.68. The van der Waals surface area contributed by atoms with Crippen LogP contribution >= 0.6 is 0 Å². The number of hydrogen-bond acceptors (Lipinski definition) is 0. The highest BCUT2D eigenvalue weighted by molar-refractivity contribution is 5.14.